The van der Waals surface area contributed by atoms with Gasteiger partial charge in [-0.3, -0.25) is 0 Å². The highest BCUT2D eigenvalue weighted by atomic mass is 79.9. The topological polar surface area (TPSA) is 84.9 Å². The molecule has 0 heterocycles. The van der Waals surface area contributed by atoms with Gasteiger partial charge >= 0.3 is 12.1 Å². The quantitative estimate of drug-likeness (QED) is 0.356. The van der Waals surface area contributed by atoms with E-state index in [-0.39, 0.29) is 13.0 Å². The highest BCUT2D eigenvalue weighted by Crippen LogP contribution is 2.14. The summed E-state index contributed by atoms with van der Waals surface area (Å²) in [5, 5.41) is 12.8. The van der Waals surface area contributed by atoms with E-state index in [1.165, 1.54) is 0 Å². The maximum absolute atomic E-state index is 11.9. The maximum Gasteiger partial charge on any atom is 0.408 e. The molecule has 1 unspecified atom stereocenters. The third-order valence-electron chi connectivity index (χ3n) is 4.21. The van der Waals surface area contributed by atoms with Crippen molar-refractivity contribution >= 4 is 28.0 Å². The number of ether oxygens (including phenoxy) is 2. The second kappa shape index (κ2) is 12.8. The first-order chi connectivity index (χ1) is 14.1. The zero-order valence-electron chi connectivity index (χ0n) is 16.2. The number of carboxylic acid groups (broad SMARTS) is 1. The van der Waals surface area contributed by atoms with Crippen molar-refractivity contribution in [3.63, 3.8) is 0 Å². The minimum Gasteiger partial charge on any atom is -0.494 e. The first kappa shape index (κ1) is 22.7. The molecule has 0 saturated heterocycles. The Morgan fingerprint density at radius 3 is 2.34 bits per heavy atom. The van der Waals surface area contributed by atoms with Crippen LogP contribution < -0.4 is 10.1 Å². The van der Waals surface area contributed by atoms with Crippen LogP contribution >= 0.6 is 15.9 Å². The molecule has 2 aromatic rings. The zero-order valence-corrected chi connectivity index (χ0v) is 17.8. The lowest BCUT2D eigenvalue weighted by molar-refractivity contribution is -0.139. The second-order valence-electron chi connectivity index (χ2n) is 6.54. The number of rotatable bonds is 12. The molecule has 0 spiro atoms. The summed E-state index contributed by atoms with van der Waals surface area (Å²) >= 11 is 3.40. The molecule has 0 aromatic heterocycles. The number of benzene rings is 2. The maximum atomic E-state index is 11.9. The Balaban J connectivity index is 1.80. The zero-order chi connectivity index (χ0) is 20.9. The van der Waals surface area contributed by atoms with Crippen molar-refractivity contribution in [2.24, 2.45) is 0 Å². The first-order valence-electron chi connectivity index (χ1n) is 9.56. The summed E-state index contributed by atoms with van der Waals surface area (Å²) in [7, 11) is 0. The number of halogens is 1. The largest absolute Gasteiger partial charge is 0.494 e. The molecular formula is C22H26BrNO5. The van der Waals surface area contributed by atoms with Crippen molar-refractivity contribution in [2.45, 2.75) is 38.3 Å². The van der Waals surface area contributed by atoms with Crippen molar-refractivity contribution in [2.75, 3.05) is 11.9 Å². The van der Waals surface area contributed by atoms with E-state index in [2.05, 4.69) is 21.2 Å². The van der Waals surface area contributed by atoms with Crippen LogP contribution in [-0.4, -0.2) is 35.1 Å². The second-order valence-corrected chi connectivity index (χ2v) is 7.34. The number of amides is 1. The first-order valence-corrected chi connectivity index (χ1v) is 10.7. The standard InChI is InChI=1S/C22H26BrNO5/c23-13-5-2-6-14-28-19-11-9-17(10-12-19)15-20(21(25)26)24-22(27)29-16-18-7-3-1-4-8-18/h1,3-4,7-12,20H,2,5-6,13-16H2,(H,24,27)(H,25,26). The van der Waals surface area contributed by atoms with Crippen LogP contribution in [0.3, 0.4) is 0 Å². The van der Waals surface area contributed by atoms with Gasteiger partial charge in [0.2, 0.25) is 0 Å². The van der Waals surface area contributed by atoms with Crippen molar-refractivity contribution in [3.05, 3.63) is 65.7 Å². The minimum absolute atomic E-state index is 0.0840. The smallest absolute Gasteiger partial charge is 0.408 e. The summed E-state index contributed by atoms with van der Waals surface area (Å²) in [6.45, 7) is 0.736. The van der Waals surface area contributed by atoms with Gasteiger partial charge in [-0.1, -0.05) is 58.4 Å². The lowest BCUT2D eigenvalue weighted by Crippen LogP contribution is -2.42. The molecule has 0 fully saturated rings. The average molecular weight is 464 g/mol. The molecule has 6 nitrogen and oxygen atoms in total. The number of hydrogen-bond acceptors (Lipinski definition) is 4. The van der Waals surface area contributed by atoms with Gasteiger partial charge in [0.15, 0.2) is 0 Å². The van der Waals surface area contributed by atoms with Gasteiger partial charge in [0.1, 0.15) is 18.4 Å². The van der Waals surface area contributed by atoms with Crippen molar-refractivity contribution in [1.29, 1.82) is 0 Å². The molecule has 0 aliphatic heterocycles. The predicted octanol–water partition coefficient (Wildman–Crippen LogP) is 4.55. The number of hydrogen-bond donors (Lipinski definition) is 2. The van der Waals surface area contributed by atoms with Crippen molar-refractivity contribution in [3.8, 4) is 5.75 Å². The highest BCUT2D eigenvalue weighted by Gasteiger charge is 2.21. The minimum atomic E-state index is -1.12. The van der Waals surface area contributed by atoms with E-state index < -0.39 is 18.1 Å². The summed E-state index contributed by atoms with van der Waals surface area (Å²) in [6.07, 6.45) is 2.62. The Morgan fingerprint density at radius 1 is 0.966 bits per heavy atom. The number of carboxylic acids is 1. The molecule has 1 amide bonds. The SMILES string of the molecule is O=C(NC(Cc1ccc(OCCCCCBr)cc1)C(=O)O)OCc1ccccc1. The molecule has 0 saturated carbocycles. The van der Waals surface area contributed by atoms with E-state index in [0.717, 1.165) is 41.5 Å². The van der Waals surface area contributed by atoms with Gasteiger partial charge in [-0.05, 0) is 42.5 Å². The molecule has 7 heteroatoms. The van der Waals surface area contributed by atoms with Gasteiger partial charge in [-0.15, -0.1) is 0 Å². The number of carbonyl (C=O) groups is 2. The normalized spacial score (nSPS) is 11.5. The Bertz CT molecular complexity index is 752. The van der Waals surface area contributed by atoms with Crippen LogP contribution in [0.25, 0.3) is 0 Å². The van der Waals surface area contributed by atoms with Gasteiger partial charge in [-0.25, -0.2) is 9.59 Å². The van der Waals surface area contributed by atoms with Gasteiger partial charge in [0.05, 0.1) is 6.61 Å². The monoisotopic (exact) mass is 463 g/mol. The fourth-order valence-electron chi connectivity index (χ4n) is 2.63. The molecule has 156 valence electrons. The summed E-state index contributed by atoms with van der Waals surface area (Å²) in [5.74, 6) is -0.372. The third-order valence-corrected chi connectivity index (χ3v) is 4.77. The van der Waals surface area contributed by atoms with E-state index in [0.29, 0.717) is 6.61 Å². The van der Waals surface area contributed by atoms with E-state index >= 15 is 0 Å². The Labute approximate surface area is 179 Å². The van der Waals surface area contributed by atoms with Crippen LogP contribution in [0.15, 0.2) is 54.6 Å². The summed E-state index contributed by atoms with van der Waals surface area (Å²) in [5.41, 5.74) is 1.62. The number of nitrogens with one attached hydrogen (secondary N) is 1. The van der Waals surface area contributed by atoms with Crippen LogP contribution in [0.1, 0.15) is 30.4 Å². The van der Waals surface area contributed by atoms with E-state index in [1.807, 2.05) is 42.5 Å². The molecule has 2 N–H and O–H groups in total. The van der Waals surface area contributed by atoms with Gasteiger partial charge in [0, 0.05) is 11.8 Å². The molecule has 29 heavy (non-hydrogen) atoms. The molecule has 0 aliphatic carbocycles. The van der Waals surface area contributed by atoms with E-state index in [1.54, 1.807) is 12.1 Å². The van der Waals surface area contributed by atoms with E-state index in [9.17, 15) is 14.7 Å². The fraction of sp³-hybridized carbons (Fsp3) is 0.364. The number of carbonyl (C=O) groups excluding carboxylic acids is 1. The van der Waals surface area contributed by atoms with Crippen LogP contribution in [0.2, 0.25) is 0 Å². The Hall–Kier alpha value is -2.54. The molecule has 2 rings (SSSR count). The molecular weight excluding hydrogens is 438 g/mol. The van der Waals surface area contributed by atoms with Crippen LogP contribution in [-0.2, 0) is 22.6 Å². The third kappa shape index (κ3) is 9.00. The van der Waals surface area contributed by atoms with Gasteiger partial charge in [-0.2, -0.15) is 0 Å². The number of unbranched alkanes of at least 4 members (excludes halogenated alkanes) is 2. The molecule has 2 aromatic carbocycles. The molecule has 0 bridgehead atoms. The molecule has 0 radical (unpaired) electrons. The predicted molar refractivity (Wildman–Crippen MR) is 114 cm³/mol. The highest BCUT2D eigenvalue weighted by molar-refractivity contribution is 9.09. The number of alkyl carbamates (subject to hydrolysis) is 1. The lowest BCUT2D eigenvalue weighted by atomic mass is 10.1. The summed E-state index contributed by atoms with van der Waals surface area (Å²) < 4.78 is 10.8. The van der Waals surface area contributed by atoms with Crippen LogP contribution in [0.5, 0.6) is 5.75 Å². The summed E-state index contributed by atoms with van der Waals surface area (Å²) in [6, 6.07) is 15.4. The van der Waals surface area contributed by atoms with Crippen LogP contribution in [0, 0.1) is 0 Å². The van der Waals surface area contributed by atoms with Crippen molar-refractivity contribution < 1.29 is 24.2 Å². The van der Waals surface area contributed by atoms with Gasteiger partial charge < -0.3 is 19.9 Å². The number of alkyl halides is 1. The van der Waals surface area contributed by atoms with Gasteiger partial charge in [0.25, 0.3) is 0 Å². The molecule has 0 aliphatic rings. The van der Waals surface area contributed by atoms with E-state index in [4.69, 9.17) is 9.47 Å². The van der Waals surface area contributed by atoms with Crippen LogP contribution in [0.4, 0.5) is 4.79 Å². The number of aliphatic carboxylic acids is 1. The Morgan fingerprint density at radius 2 is 1.69 bits per heavy atom. The molecule has 1 atom stereocenters. The lowest BCUT2D eigenvalue weighted by Gasteiger charge is -2.15. The average Bonchev–Trinajstić information content (AvgIpc) is 2.73. The Kier molecular flexibility index (Phi) is 10.1. The fourth-order valence-corrected chi connectivity index (χ4v) is 3.02. The summed E-state index contributed by atoms with van der Waals surface area (Å²) in [4.78, 5) is 23.5. The van der Waals surface area contributed by atoms with Crippen molar-refractivity contribution in [1.82, 2.24) is 5.32 Å².